The molecule has 0 saturated carbocycles. The van der Waals surface area contributed by atoms with E-state index in [4.69, 9.17) is 5.73 Å². The van der Waals surface area contributed by atoms with Gasteiger partial charge in [-0.1, -0.05) is 32.4 Å². The second-order valence-electron chi connectivity index (χ2n) is 4.49. The Hall–Kier alpha value is -2.31. The van der Waals surface area contributed by atoms with Gasteiger partial charge in [0.2, 0.25) is 0 Å². The molecular formula is C15H17F3N2O2. The van der Waals surface area contributed by atoms with E-state index in [0.29, 0.717) is 0 Å². The average molecular weight is 314 g/mol. The van der Waals surface area contributed by atoms with Gasteiger partial charge >= 0.3 is 12.1 Å². The Labute approximate surface area is 126 Å². The molecule has 0 atom stereocenters. The zero-order valence-corrected chi connectivity index (χ0v) is 12.5. The number of pyridine rings is 1. The Balaban J connectivity index is 0.000000745. The normalized spacial score (nSPS) is 10.8. The average Bonchev–Trinajstić information content (AvgIpc) is 2.45. The van der Waals surface area contributed by atoms with Crippen LogP contribution >= 0.6 is 0 Å². The topological polar surface area (TPSA) is 65.2 Å². The molecule has 0 amide bonds. The first kappa shape index (κ1) is 17.7. The van der Waals surface area contributed by atoms with Crippen molar-refractivity contribution in [2.24, 2.45) is 0 Å². The van der Waals surface area contributed by atoms with Crippen LogP contribution in [0.25, 0.3) is 10.9 Å². The number of hydrogen-bond donors (Lipinski definition) is 1. The van der Waals surface area contributed by atoms with E-state index in [9.17, 15) is 18.0 Å². The van der Waals surface area contributed by atoms with Crippen molar-refractivity contribution in [3.63, 3.8) is 0 Å². The maximum Gasteiger partial charge on any atom is 0.433 e. The Kier molecular flexibility index (Phi) is 5.73. The number of rotatable bonds is 1. The van der Waals surface area contributed by atoms with E-state index >= 15 is 0 Å². The van der Waals surface area contributed by atoms with Gasteiger partial charge in [0.05, 0.1) is 18.2 Å². The standard InChI is InChI=1S/C12H9F3N2O2.C3H8/c1-19-11(18)7-4-2-3-6-8(16)5-9(12(13,14)15)17-10(6)7;1-3-2/h2-5H,1H3,(H2,16,17);3H2,1-2H3. The lowest BCUT2D eigenvalue weighted by molar-refractivity contribution is -0.140. The third kappa shape index (κ3) is 3.87. The van der Waals surface area contributed by atoms with Crippen molar-refractivity contribution in [3.8, 4) is 0 Å². The van der Waals surface area contributed by atoms with Crippen molar-refractivity contribution in [2.75, 3.05) is 12.8 Å². The molecule has 4 nitrogen and oxygen atoms in total. The number of nitrogens with zero attached hydrogens (tertiary/aromatic N) is 1. The van der Waals surface area contributed by atoms with Gasteiger partial charge in [-0.25, -0.2) is 9.78 Å². The van der Waals surface area contributed by atoms with Crippen molar-refractivity contribution < 1.29 is 22.7 Å². The Morgan fingerprint density at radius 1 is 1.32 bits per heavy atom. The molecule has 2 aromatic rings. The third-order valence-corrected chi connectivity index (χ3v) is 2.57. The molecule has 0 aliphatic heterocycles. The van der Waals surface area contributed by atoms with Gasteiger partial charge in [0.15, 0.2) is 0 Å². The number of methoxy groups -OCH3 is 1. The van der Waals surface area contributed by atoms with Crippen molar-refractivity contribution >= 4 is 22.6 Å². The van der Waals surface area contributed by atoms with Crippen molar-refractivity contribution in [3.05, 3.63) is 35.5 Å². The third-order valence-electron chi connectivity index (χ3n) is 2.57. The molecule has 2 N–H and O–H groups in total. The second-order valence-corrected chi connectivity index (χ2v) is 4.49. The van der Waals surface area contributed by atoms with Crippen molar-refractivity contribution in [1.82, 2.24) is 4.98 Å². The molecule has 0 fully saturated rings. The van der Waals surface area contributed by atoms with E-state index in [2.05, 4.69) is 23.6 Å². The molecular weight excluding hydrogens is 297 g/mol. The fourth-order valence-electron chi connectivity index (χ4n) is 1.69. The van der Waals surface area contributed by atoms with Crippen LogP contribution in [0.1, 0.15) is 36.3 Å². The highest BCUT2D eigenvalue weighted by molar-refractivity contribution is 6.05. The lowest BCUT2D eigenvalue weighted by Crippen LogP contribution is -2.11. The number of halogens is 3. The summed E-state index contributed by atoms with van der Waals surface area (Å²) < 4.78 is 42.5. The number of carbonyl (C=O) groups is 1. The summed E-state index contributed by atoms with van der Waals surface area (Å²) in [5, 5.41) is 0.274. The number of nitrogens with two attached hydrogens (primary N) is 1. The zero-order valence-electron chi connectivity index (χ0n) is 12.5. The summed E-state index contributed by atoms with van der Waals surface area (Å²) in [6, 6.07) is 5.06. The van der Waals surface area contributed by atoms with E-state index in [1.165, 1.54) is 24.6 Å². The van der Waals surface area contributed by atoms with Crippen LogP contribution in [-0.2, 0) is 10.9 Å². The molecule has 0 saturated heterocycles. The molecule has 1 aromatic heterocycles. The monoisotopic (exact) mass is 314 g/mol. The molecule has 0 unspecified atom stereocenters. The largest absolute Gasteiger partial charge is 0.465 e. The van der Waals surface area contributed by atoms with Gasteiger partial charge in [0, 0.05) is 11.1 Å². The van der Waals surface area contributed by atoms with Crippen LogP contribution in [0.3, 0.4) is 0 Å². The van der Waals surface area contributed by atoms with Crippen LogP contribution in [0.2, 0.25) is 0 Å². The Bertz CT molecular complexity index is 670. The number of aromatic nitrogens is 1. The van der Waals surface area contributed by atoms with Crippen molar-refractivity contribution in [1.29, 1.82) is 0 Å². The fraction of sp³-hybridized carbons (Fsp3) is 0.333. The number of hydrogen-bond acceptors (Lipinski definition) is 4. The van der Waals surface area contributed by atoms with E-state index in [1.54, 1.807) is 0 Å². The van der Waals surface area contributed by atoms with E-state index < -0.39 is 17.8 Å². The molecule has 1 aromatic carbocycles. The van der Waals surface area contributed by atoms with Crippen LogP contribution in [0.15, 0.2) is 24.3 Å². The minimum absolute atomic E-state index is 0.0576. The number of fused-ring (bicyclic) bond motifs is 1. The maximum atomic E-state index is 12.7. The van der Waals surface area contributed by atoms with E-state index in [0.717, 1.165) is 13.2 Å². The molecule has 0 aliphatic rings. The van der Waals surface area contributed by atoms with Gasteiger partial charge in [-0.15, -0.1) is 0 Å². The molecule has 7 heteroatoms. The summed E-state index contributed by atoms with van der Waals surface area (Å²) in [5.41, 5.74) is 4.15. The zero-order chi connectivity index (χ0) is 16.9. The molecule has 0 aliphatic carbocycles. The minimum atomic E-state index is -4.63. The number of para-hydroxylation sites is 1. The lowest BCUT2D eigenvalue weighted by atomic mass is 10.1. The first-order valence-electron chi connectivity index (χ1n) is 6.60. The van der Waals surface area contributed by atoms with Gasteiger partial charge in [0.1, 0.15) is 5.69 Å². The first-order valence-corrected chi connectivity index (χ1v) is 6.60. The molecule has 0 spiro atoms. The molecule has 0 bridgehead atoms. The van der Waals surface area contributed by atoms with Crippen LogP contribution in [-0.4, -0.2) is 18.1 Å². The molecule has 1 heterocycles. The van der Waals surface area contributed by atoms with Gasteiger partial charge in [-0.2, -0.15) is 13.2 Å². The first-order chi connectivity index (χ1) is 10.3. The summed E-state index contributed by atoms with van der Waals surface area (Å²) in [5.74, 6) is -0.767. The molecule has 0 radical (unpaired) electrons. The highest BCUT2D eigenvalue weighted by Crippen LogP contribution is 2.32. The van der Waals surface area contributed by atoms with Crippen LogP contribution in [0, 0.1) is 0 Å². The summed E-state index contributed by atoms with van der Waals surface area (Å²) in [4.78, 5) is 15.0. The summed E-state index contributed by atoms with van der Waals surface area (Å²) in [6.07, 6.45) is -3.38. The Morgan fingerprint density at radius 2 is 1.91 bits per heavy atom. The lowest BCUT2D eigenvalue weighted by Gasteiger charge is -2.11. The predicted octanol–water partition coefficient (Wildman–Crippen LogP) is 4.04. The number of nitrogen functional groups attached to an aromatic ring is 1. The number of anilines is 1. The van der Waals surface area contributed by atoms with Crippen molar-refractivity contribution in [2.45, 2.75) is 26.4 Å². The predicted molar refractivity (Wildman–Crippen MR) is 78.5 cm³/mol. The SMILES string of the molecule is CCC.COC(=O)c1cccc2c(N)cc(C(F)(F)F)nc12. The van der Waals surface area contributed by atoms with E-state index in [-0.39, 0.29) is 22.2 Å². The number of carbonyl (C=O) groups excluding carboxylic acids is 1. The van der Waals surface area contributed by atoms with Gasteiger partial charge in [-0.05, 0) is 12.1 Å². The van der Waals surface area contributed by atoms with Crippen LogP contribution < -0.4 is 5.73 Å². The highest BCUT2D eigenvalue weighted by Gasteiger charge is 2.33. The molecule has 22 heavy (non-hydrogen) atoms. The summed E-state index contributed by atoms with van der Waals surface area (Å²) in [6.45, 7) is 4.25. The van der Waals surface area contributed by atoms with Crippen LogP contribution in [0.5, 0.6) is 0 Å². The number of benzene rings is 1. The second kappa shape index (κ2) is 7.11. The quantitative estimate of drug-likeness (QED) is 0.807. The fourth-order valence-corrected chi connectivity index (χ4v) is 1.69. The molecule has 120 valence electrons. The number of ether oxygens (including phenoxy) is 1. The number of esters is 1. The maximum absolute atomic E-state index is 12.7. The van der Waals surface area contributed by atoms with Crippen LogP contribution in [0.4, 0.5) is 18.9 Å². The minimum Gasteiger partial charge on any atom is -0.465 e. The smallest absolute Gasteiger partial charge is 0.433 e. The highest BCUT2D eigenvalue weighted by atomic mass is 19.4. The Morgan fingerprint density at radius 3 is 2.41 bits per heavy atom. The van der Waals surface area contributed by atoms with Gasteiger partial charge in [-0.3, -0.25) is 0 Å². The molecule has 2 rings (SSSR count). The van der Waals surface area contributed by atoms with Gasteiger partial charge < -0.3 is 10.5 Å². The van der Waals surface area contributed by atoms with E-state index in [1.807, 2.05) is 0 Å². The van der Waals surface area contributed by atoms with Gasteiger partial charge in [0.25, 0.3) is 0 Å². The summed E-state index contributed by atoms with van der Waals surface area (Å²) >= 11 is 0. The number of alkyl halides is 3. The summed E-state index contributed by atoms with van der Waals surface area (Å²) in [7, 11) is 1.14.